The Balaban J connectivity index is 2.58. The molecule has 0 radical (unpaired) electrons. The van der Waals surface area contributed by atoms with Crippen LogP contribution in [0, 0.1) is 0 Å². The third kappa shape index (κ3) is 4.63. The van der Waals surface area contributed by atoms with Crippen molar-refractivity contribution in [2.45, 2.75) is 18.7 Å². The van der Waals surface area contributed by atoms with E-state index in [1.54, 1.807) is 38.2 Å². The van der Waals surface area contributed by atoms with E-state index in [-0.39, 0.29) is 6.54 Å². The summed E-state index contributed by atoms with van der Waals surface area (Å²) in [7, 11) is -1.55. The van der Waals surface area contributed by atoms with Crippen molar-refractivity contribution in [2.75, 3.05) is 13.6 Å². The Bertz CT molecular complexity index is 445. The number of benzene rings is 1. The van der Waals surface area contributed by atoms with E-state index in [0.29, 0.717) is 11.6 Å². The molecule has 4 nitrogen and oxygen atoms in total. The number of sulfonamides is 1. The van der Waals surface area contributed by atoms with Gasteiger partial charge in [0.05, 0.1) is 5.25 Å². The molecule has 0 fully saturated rings. The van der Waals surface area contributed by atoms with Gasteiger partial charge in [-0.2, -0.15) is 0 Å². The summed E-state index contributed by atoms with van der Waals surface area (Å²) in [4.78, 5) is 0. The third-order valence-corrected chi connectivity index (χ3v) is 4.44. The Morgan fingerprint density at radius 1 is 1.29 bits per heavy atom. The molecule has 1 atom stereocenters. The van der Waals surface area contributed by atoms with Gasteiger partial charge >= 0.3 is 0 Å². The van der Waals surface area contributed by atoms with E-state index < -0.39 is 15.3 Å². The normalized spacial score (nSPS) is 13.6. The maximum absolute atomic E-state index is 11.8. The quantitative estimate of drug-likeness (QED) is 0.825. The lowest BCUT2D eigenvalue weighted by atomic mass is 10.2. The number of nitrogens with one attached hydrogen (secondary N) is 2. The minimum atomic E-state index is -3.28. The lowest BCUT2D eigenvalue weighted by molar-refractivity contribution is 0.563. The van der Waals surface area contributed by atoms with E-state index in [2.05, 4.69) is 10.0 Å². The molecule has 0 heterocycles. The highest BCUT2D eigenvalue weighted by Crippen LogP contribution is 2.09. The highest BCUT2D eigenvalue weighted by molar-refractivity contribution is 7.90. The van der Waals surface area contributed by atoms with Crippen LogP contribution in [0.25, 0.3) is 0 Å². The van der Waals surface area contributed by atoms with Gasteiger partial charge in [-0.25, -0.2) is 13.1 Å². The molecule has 2 N–H and O–H groups in total. The maximum Gasteiger partial charge on any atom is 0.215 e. The molecule has 1 aromatic rings. The fourth-order valence-electron chi connectivity index (χ4n) is 1.33. The van der Waals surface area contributed by atoms with Gasteiger partial charge < -0.3 is 5.32 Å². The van der Waals surface area contributed by atoms with E-state index in [1.807, 2.05) is 0 Å². The fraction of sp³-hybridized carbons (Fsp3) is 0.455. The highest BCUT2D eigenvalue weighted by Gasteiger charge is 2.18. The van der Waals surface area contributed by atoms with Crippen molar-refractivity contribution in [1.29, 1.82) is 0 Å². The standard InChI is InChI=1S/C11H17ClN2O2S/c1-9(7-13-2)17(15,16)14-8-10-3-5-11(12)6-4-10/h3-6,9,13-14H,7-8H2,1-2H3. The average Bonchev–Trinajstić information content (AvgIpc) is 2.29. The summed E-state index contributed by atoms with van der Waals surface area (Å²) in [5.74, 6) is 0. The lowest BCUT2D eigenvalue weighted by Gasteiger charge is -2.13. The molecule has 0 aliphatic rings. The largest absolute Gasteiger partial charge is 0.318 e. The summed E-state index contributed by atoms with van der Waals surface area (Å²) in [5, 5.41) is 3.02. The van der Waals surface area contributed by atoms with Crippen molar-refractivity contribution in [2.24, 2.45) is 0 Å². The van der Waals surface area contributed by atoms with Crippen molar-refractivity contribution in [3.8, 4) is 0 Å². The zero-order valence-electron chi connectivity index (χ0n) is 9.90. The minimum absolute atomic E-state index is 0.285. The van der Waals surface area contributed by atoms with Gasteiger partial charge in [0, 0.05) is 18.1 Å². The second-order valence-corrected chi connectivity index (χ2v) is 6.48. The molecule has 0 saturated heterocycles. The Hall–Kier alpha value is -0.620. The van der Waals surface area contributed by atoms with E-state index in [4.69, 9.17) is 11.6 Å². The number of rotatable bonds is 6. The molecule has 0 spiro atoms. The van der Waals surface area contributed by atoms with Crippen LogP contribution >= 0.6 is 11.6 Å². The Kier molecular flexibility index (Phi) is 5.39. The molecule has 1 aromatic carbocycles. The van der Waals surface area contributed by atoms with Gasteiger partial charge in [-0.05, 0) is 31.7 Å². The summed E-state index contributed by atoms with van der Waals surface area (Å²) < 4.78 is 26.1. The molecule has 96 valence electrons. The summed E-state index contributed by atoms with van der Waals surface area (Å²) in [5.41, 5.74) is 0.884. The first-order valence-corrected chi connectivity index (χ1v) is 7.25. The van der Waals surface area contributed by atoms with Gasteiger partial charge in [0.15, 0.2) is 0 Å². The summed E-state index contributed by atoms with van der Waals surface area (Å²) in [6.45, 7) is 2.38. The Morgan fingerprint density at radius 2 is 1.88 bits per heavy atom. The summed E-state index contributed by atoms with van der Waals surface area (Å²) in [6.07, 6.45) is 0. The molecule has 17 heavy (non-hydrogen) atoms. The molecule has 0 aliphatic heterocycles. The van der Waals surface area contributed by atoms with Crippen LogP contribution in [0.1, 0.15) is 12.5 Å². The van der Waals surface area contributed by atoms with Crippen LogP contribution in [-0.4, -0.2) is 27.3 Å². The van der Waals surface area contributed by atoms with Crippen LogP contribution in [0.5, 0.6) is 0 Å². The van der Waals surface area contributed by atoms with Crippen LogP contribution in [0.15, 0.2) is 24.3 Å². The number of hydrogen-bond acceptors (Lipinski definition) is 3. The van der Waals surface area contributed by atoms with E-state index in [9.17, 15) is 8.42 Å². The van der Waals surface area contributed by atoms with Crippen LogP contribution < -0.4 is 10.0 Å². The van der Waals surface area contributed by atoms with Gasteiger partial charge in [-0.3, -0.25) is 0 Å². The molecular weight excluding hydrogens is 260 g/mol. The summed E-state index contributed by atoms with van der Waals surface area (Å²) >= 11 is 5.75. The van der Waals surface area contributed by atoms with E-state index in [1.165, 1.54) is 0 Å². The van der Waals surface area contributed by atoms with Gasteiger partial charge in [0.25, 0.3) is 0 Å². The molecule has 0 aromatic heterocycles. The second kappa shape index (κ2) is 6.35. The first-order chi connectivity index (χ1) is 7.95. The van der Waals surface area contributed by atoms with Crippen LogP contribution in [0.3, 0.4) is 0 Å². The van der Waals surface area contributed by atoms with Crippen molar-refractivity contribution >= 4 is 21.6 Å². The van der Waals surface area contributed by atoms with Gasteiger partial charge in [0.1, 0.15) is 0 Å². The molecule has 0 aliphatic carbocycles. The average molecular weight is 277 g/mol. The van der Waals surface area contributed by atoms with Crippen molar-refractivity contribution < 1.29 is 8.42 Å². The smallest absolute Gasteiger partial charge is 0.215 e. The van der Waals surface area contributed by atoms with Crippen LogP contribution in [0.2, 0.25) is 5.02 Å². The van der Waals surface area contributed by atoms with E-state index >= 15 is 0 Å². The first-order valence-electron chi connectivity index (χ1n) is 5.33. The maximum atomic E-state index is 11.8. The van der Waals surface area contributed by atoms with Crippen LogP contribution in [-0.2, 0) is 16.6 Å². The topological polar surface area (TPSA) is 58.2 Å². The SMILES string of the molecule is CNCC(C)S(=O)(=O)NCc1ccc(Cl)cc1. The zero-order valence-corrected chi connectivity index (χ0v) is 11.5. The van der Waals surface area contributed by atoms with Crippen molar-refractivity contribution in [1.82, 2.24) is 10.0 Å². The fourth-order valence-corrected chi connectivity index (χ4v) is 2.49. The molecule has 6 heteroatoms. The monoisotopic (exact) mass is 276 g/mol. The third-order valence-electron chi connectivity index (χ3n) is 2.41. The number of halogens is 1. The molecular formula is C11H17ClN2O2S. The molecule has 1 unspecified atom stereocenters. The highest BCUT2D eigenvalue weighted by atomic mass is 35.5. The van der Waals surface area contributed by atoms with E-state index in [0.717, 1.165) is 5.56 Å². The minimum Gasteiger partial charge on any atom is -0.318 e. The Morgan fingerprint density at radius 3 is 2.41 bits per heavy atom. The lowest BCUT2D eigenvalue weighted by Crippen LogP contribution is -2.37. The first kappa shape index (κ1) is 14.4. The molecule has 0 amide bonds. The van der Waals surface area contributed by atoms with Crippen molar-refractivity contribution in [3.63, 3.8) is 0 Å². The van der Waals surface area contributed by atoms with Crippen LogP contribution in [0.4, 0.5) is 0 Å². The Labute approximate surface area is 107 Å². The summed E-state index contributed by atoms with van der Waals surface area (Å²) in [6, 6.07) is 7.08. The molecule has 1 rings (SSSR count). The van der Waals surface area contributed by atoms with Gasteiger partial charge in [-0.1, -0.05) is 23.7 Å². The zero-order chi connectivity index (χ0) is 12.9. The predicted octanol–water partition coefficient (Wildman–Crippen LogP) is 1.37. The molecule has 0 bridgehead atoms. The second-order valence-electron chi connectivity index (χ2n) is 3.86. The molecule has 0 saturated carbocycles. The van der Waals surface area contributed by atoms with Crippen molar-refractivity contribution in [3.05, 3.63) is 34.9 Å². The van der Waals surface area contributed by atoms with Gasteiger partial charge in [0.2, 0.25) is 10.0 Å². The number of hydrogen-bond donors (Lipinski definition) is 2. The predicted molar refractivity (Wildman–Crippen MR) is 70.6 cm³/mol. The van der Waals surface area contributed by atoms with Gasteiger partial charge in [-0.15, -0.1) is 0 Å².